The van der Waals surface area contributed by atoms with E-state index in [1.807, 2.05) is 21.1 Å². The van der Waals surface area contributed by atoms with Crippen molar-refractivity contribution in [1.29, 1.82) is 0 Å². The second kappa shape index (κ2) is 32.2. The van der Waals surface area contributed by atoms with Gasteiger partial charge in [-0.3, -0.25) is 9.59 Å². The van der Waals surface area contributed by atoms with E-state index in [0.29, 0.717) is 23.9 Å². The van der Waals surface area contributed by atoms with E-state index in [-0.39, 0.29) is 32.2 Å². The molecule has 1 N–H and O–H groups in total. The van der Waals surface area contributed by atoms with Crippen LogP contribution in [0.5, 0.6) is 0 Å². The van der Waals surface area contributed by atoms with Gasteiger partial charge in [0.25, 0.3) is 6.29 Å². The first-order chi connectivity index (χ1) is 23.1. The van der Waals surface area contributed by atoms with Crippen LogP contribution in [0, 0.1) is 0 Å². The first kappa shape index (κ1) is 46.0. The molecule has 0 aromatic carbocycles. The van der Waals surface area contributed by atoms with Gasteiger partial charge in [-0.05, 0) is 38.5 Å². The predicted molar refractivity (Wildman–Crippen MR) is 194 cm³/mol. The smallest absolute Gasteiger partial charge is 0.361 e. The number of esters is 2. The van der Waals surface area contributed by atoms with Gasteiger partial charge in [0.15, 0.2) is 6.10 Å². The SMILES string of the molecule is CCCCCCC/C=C\CCCCCCCC(=O)OC(COC(=O)CCCCCCCCCCC)COC(OCC[N+](C)(C)C)C(=O)O. The molecule has 9 heteroatoms. The maximum atomic E-state index is 12.7. The molecule has 2 unspecified atom stereocenters. The normalized spacial score (nSPS) is 13.1. The highest BCUT2D eigenvalue weighted by Gasteiger charge is 2.25. The number of aliphatic carboxylic acids is 1. The number of rotatable bonds is 35. The molecule has 0 saturated carbocycles. The Bertz CT molecular complexity index is 810. The summed E-state index contributed by atoms with van der Waals surface area (Å²) in [4.78, 5) is 36.8. The van der Waals surface area contributed by atoms with E-state index < -0.39 is 24.3 Å². The van der Waals surface area contributed by atoms with Crippen molar-refractivity contribution < 1.29 is 42.9 Å². The summed E-state index contributed by atoms with van der Waals surface area (Å²) in [6.07, 6.45) is 27.0. The second-order valence-electron chi connectivity index (χ2n) is 14.2. The number of carboxylic acid groups (broad SMARTS) is 1. The van der Waals surface area contributed by atoms with Crippen LogP contribution in [0.1, 0.15) is 162 Å². The fourth-order valence-corrected chi connectivity index (χ4v) is 5.18. The highest BCUT2D eigenvalue weighted by Crippen LogP contribution is 2.13. The molecule has 0 heterocycles. The molecule has 282 valence electrons. The lowest BCUT2D eigenvalue weighted by atomic mass is 10.1. The van der Waals surface area contributed by atoms with Crippen LogP contribution in [0.3, 0.4) is 0 Å². The lowest BCUT2D eigenvalue weighted by Gasteiger charge is -2.25. The summed E-state index contributed by atoms with van der Waals surface area (Å²) in [5, 5.41) is 9.57. The van der Waals surface area contributed by atoms with Crippen molar-refractivity contribution in [2.45, 2.75) is 174 Å². The predicted octanol–water partition coefficient (Wildman–Crippen LogP) is 9.16. The van der Waals surface area contributed by atoms with E-state index in [9.17, 15) is 19.5 Å². The molecular formula is C39H74NO8+. The van der Waals surface area contributed by atoms with Gasteiger partial charge in [0.05, 0.1) is 34.4 Å². The van der Waals surface area contributed by atoms with Crippen LogP contribution >= 0.6 is 0 Å². The van der Waals surface area contributed by atoms with Gasteiger partial charge in [-0.25, -0.2) is 4.79 Å². The number of hydrogen-bond donors (Lipinski definition) is 1. The number of hydrogen-bond acceptors (Lipinski definition) is 7. The monoisotopic (exact) mass is 685 g/mol. The molecule has 0 bridgehead atoms. The van der Waals surface area contributed by atoms with E-state index in [2.05, 4.69) is 26.0 Å². The Labute approximate surface area is 294 Å². The number of ether oxygens (including phenoxy) is 4. The van der Waals surface area contributed by atoms with Gasteiger partial charge in [-0.15, -0.1) is 0 Å². The van der Waals surface area contributed by atoms with Crippen molar-refractivity contribution in [2.24, 2.45) is 0 Å². The van der Waals surface area contributed by atoms with Crippen molar-refractivity contribution in [3.05, 3.63) is 12.2 Å². The number of nitrogens with zero attached hydrogens (tertiary/aromatic N) is 1. The largest absolute Gasteiger partial charge is 0.477 e. The maximum absolute atomic E-state index is 12.7. The van der Waals surface area contributed by atoms with Crippen LogP contribution in [-0.4, -0.2) is 87.4 Å². The van der Waals surface area contributed by atoms with Gasteiger partial charge in [-0.2, -0.15) is 0 Å². The van der Waals surface area contributed by atoms with Crippen LogP contribution in [0.4, 0.5) is 0 Å². The zero-order valence-corrected chi connectivity index (χ0v) is 31.7. The third kappa shape index (κ3) is 32.6. The van der Waals surface area contributed by atoms with Crippen LogP contribution in [0.15, 0.2) is 12.2 Å². The second-order valence-corrected chi connectivity index (χ2v) is 14.2. The summed E-state index contributed by atoms with van der Waals surface area (Å²) < 4.78 is 22.6. The Morgan fingerprint density at radius 2 is 1.06 bits per heavy atom. The molecule has 0 aromatic rings. The van der Waals surface area contributed by atoms with E-state index in [1.54, 1.807) is 0 Å². The van der Waals surface area contributed by atoms with Gasteiger partial charge in [0.1, 0.15) is 13.2 Å². The van der Waals surface area contributed by atoms with Crippen LogP contribution in [0.25, 0.3) is 0 Å². The average Bonchev–Trinajstić information content (AvgIpc) is 3.03. The Morgan fingerprint density at radius 3 is 1.54 bits per heavy atom. The van der Waals surface area contributed by atoms with Crippen molar-refractivity contribution >= 4 is 17.9 Å². The molecule has 9 nitrogen and oxygen atoms in total. The minimum atomic E-state index is -1.50. The molecule has 0 spiro atoms. The van der Waals surface area contributed by atoms with Gasteiger partial charge in [0.2, 0.25) is 0 Å². The molecule has 0 aromatic heterocycles. The fraction of sp³-hybridized carbons (Fsp3) is 0.872. The Kier molecular flexibility index (Phi) is 30.9. The quantitative estimate of drug-likeness (QED) is 0.0232. The topological polar surface area (TPSA) is 108 Å². The molecule has 0 radical (unpaired) electrons. The van der Waals surface area contributed by atoms with Crippen molar-refractivity contribution in [2.75, 3.05) is 47.5 Å². The van der Waals surface area contributed by atoms with Crippen molar-refractivity contribution in [3.63, 3.8) is 0 Å². The zero-order valence-electron chi connectivity index (χ0n) is 31.7. The first-order valence-electron chi connectivity index (χ1n) is 19.4. The summed E-state index contributed by atoms with van der Waals surface area (Å²) in [5.41, 5.74) is 0. The fourth-order valence-electron chi connectivity index (χ4n) is 5.18. The van der Waals surface area contributed by atoms with Crippen LogP contribution in [0.2, 0.25) is 0 Å². The molecule has 48 heavy (non-hydrogen) atoms. The highest BCUT2D eigenvalue weighted by atomic mass is 16.7. The van der Waals surface area contributed by atoms with Crippen molar-refractivity contribution in [3.8, 4) is 0 Å². The minimum absolute atomic E-state index is 0.181. The summed E-state index contributed by atoms with van der Waals surface area (Å²) in [5.74, 6) is -2.02. The van der Waals surface area contributed by atoms with Gasteiger partial charge in [0, 0.05) is 12.8 Å². The number of carbonyl (C=O) groups is 3. The molecule has 2 atom stereocenters. The van der Waals surface area contributed by atoms with Crippen molar-refractivity contribution in [1.82, 2.24) is 0 Å². The maximum Gasteiger partial charge on any atom is 0.361 e. The van der Waals surface area contributed by atoms with Crippen LogP contribution in [-0.2, 0) is 33.3 Å². The van der Waals surface area contributed by atoms with Gasteiger partial charge >= 0.3 is 17.9 Å². The number of unbranched alkanes of at least 4 members (excludes halogenated alkanes) is 18. The van der Waals surface area contributed by atoms with Gasteiger partial charge in [-0.1, -0.05) is 122 Å². The van der Waals surface area contributed by atoms with E-state index in [1.165, 1.54) is 77.0 Å². The molecule has 0 fully saturated rings. The lowest BCUT2D eigenvalue weighted by molar-refractivity contribution is -0.870. The lowest BCUT2D eigenvalue weighted by Crippen LogP contribution is -2.40. The molecule has 0 aliphatic heterocycles. The zero-order chi connectivity index (χ0) is 35.7. The molecule has 0 aliphatic carbocycles. The molecular weight excluding hydrogens is 610 g/mol. The standard InChI is InChI=1S/C39H73NO8/c1-6-8-10-12-14-16-17-18-19-20-22-24-26-28-30-37(42)48-35(34-47-39(38(43)44)45-32-31-40(3,4)5)33-46-36(41)29-27-25-23-21-15-13-11-9-7-2/h17-18,35,39H,6-16,19-34H2,1-5H3/p+1/b18-17-. The number of likely N-dealkylation sites (N-methyl/N-ethyl adjacent to an activating group) is 1. The van der Waals surface area contributed by atoms with E-state index in [4.69, 9.17) is 18.9 Å². The summed E-state index contributed by atoms with van der Waals surface area (Å²) in [7, 11) is 5.94. The summed E-state index contributed by atoms with van der Waals surface area (Å²) in [6.45, 7) is 4.81. The molecule has 0 amide bonds. The van der Waals surface area contributed by atoms with Crippen LogP contribution < -0.4 is 0 Å². The molecule has 0 rings (SSSR count). The average molecular weight is 685 g/mol. The first-order valence-corrected chi connectivity index (χ1v) is 19.4. The Morgan fingerprint density at radius 1 is 0.604 bits per heavy atom. The van der Waals surface area contributed by atoms with E-state index >= 15 is 0 Å². The Balaban J connectivity index is 4.53. The Hall–Kier alpha value is -1.97. The third-order valence-electron chi connectivity index (χ3n) is 8.27. The van der Waals surface area contributed by atoms with Gasteiger partial charge < -0.3 is 28.5 Å². The number of carboxylic acids is 1. The number of carbonyl (C=O) groups excluding carboxylic acids is 2. The molecule has 0 saturated heterocycles. The minimum Gasteiger partial charge on any atom is -0.477 e. The molecule has 0 aliphatic rings. The highest BCUT2D eigenvalue weighted by molar-refractivity contribution is 5.71. The summed E-state index contributed by atoms with van der Waals surface area (Å²) >= 11 is 0. The number of allylic oxidation sites excluding steroid dienone is 2. The number of quaternary nitrogens is 1. The third-order valence-corrected chi connectivity index (χ3v) is 8.27. The van der Waals surface area contributed by atoms with E-state index in [0.717, 1.165) is 51.4 Å². The summed E-state index contributed by atoms with van der Waals surface area (Å²) in [6, 6.07) is 0.